The van der Waals surface area contributed by atoms with Gasteiger partial charge in [-0.25, -0.2) is 9.48 Å². The molecule has 0 N–H and O–H groups in total. The standard InChI is InChI=1S/C21H24F3N5O/c22-21(23,24)17-6-5-7-18(16-17)27-14-12-26(13-15-27)9-3-4-11-29-20(30)28-10-2-1-8-19(28)25-29/h1-2,5-8,10,16H,3-4,9,11-15H2. The molecule has 0 atom stereocenters. The zero-order valence-corrected chi connectivity index (χ0v) is 16.6. The van der Waals surface area contributed by atoms with Crippen LogP contribution in [0.25, 0.3) is 5.65 Å². The Hall–Kier alpha value is -2.81. The van der Waals surface area contributed by atoms with E-state index in [1.165, 1.54) is 21.2 Å². The van der Waals surface area contributed by atoms with E-state index >= 15 is 0 Å². The van der Waals surface area contributed by atoms with Crippen molar-refractivity contribution < 1.29 is 13.2 Å². The summed E-state index contributed by atoms with van der Waals surface area (Å²) in [6.07, 6.45) is -0.826. The van der Waals surface area contributed by atoms with E-state index in [4.69, 9.17) is 0 Å². The number of aryl methyl sites for hydroxylation is 1. The van der Waals surface area contributed by atoms with Gasteiger partial charge in [-0.05, 0) is 49.7 Å². The molecule has 1 saturated heterocycles. The third-order valence-electron chi connectivity index (χ3n) is 5.49. The van der Waals surface area contributed by atoms with Crippen LogP contribution >= 0.6 is 0 Å². The van der Waals surface area contributed by atoms with Gasteiger partial charge in [0.15, 0.2) is 5.65 Å². The smallest absolute Gasteiger partial charge is 0.369 e. The van der Waals surface area contributed by atoms with Gasteiger partial charge in [-0.1, -0.05) is 12.1 Å². The average Bonchev–Trinajstić information content (AvgIpc) is 3.07. The molecule has 1 aliphatic rings. The maximum atomic E-state index is 12.9. The van der Waals surface area contributed by atoms with Crippen LogP contribution in [0.5, 0.6) is 0 Å². The second-order valence-electron chi connectivity index (χ2n) is 7.52. The summed E-state index contributed by atoms with van der Waals surface area (Å²) >= 11 is 0. The molecular formula is C21H24F3N5O. The number of unbranched alkanes of at least 4 members (excludes halogenated alkanes) is 1. The Morgan fingerprint density at radius 2 is 1.70 bits per heavy atom. The summed E-state index contributed by atoms with van der Waals surface area (Å²) < 4.78 is 41.8. The van der Waals surface area contributed by atoms with Crippen molar-refractivity contribution in [1.82, 2.24) is 19.1 Å². The molecule has 3 aromatic rings. The van der Waals surface area contributed by atoms with E-state index in [1.54, 1.807) is 18.3 Å². The van der Waals surface area contributed by atoms with Crippen molar-refractivity contribution in [3.63, 3.8) is 0 Å². The number of pyridine rings is 1. The van der Waals surface area contributed by atoms with E-state index in [2.05, 4.69) is 10.00 Å². The Labute approximate surface area is 172 Å². The number of halogens is 3. The largest absolute Gasteiger partial charge is 0.416 e. The third kappa shape index (κ3) is 4.51. The van der Waals surface area contributed by atoms with Crippen LogP contribution in [-0.4, -0.2) is 51.8 Å². The number of nitrogens with zero attached hydrogens (tertiary/aromatic N) is 5. The lowest BCUT2D eigenvalue weighted by Gasteiger charge is -2.36. The van der Waals surface area contributed by atoms with Crippen molar-refractivity contribution in [1.29, 1.82) is 0 Å². The topological polar surface area (TPSA) is 45.8 Å². The lowest BCUT2D eigenvalue weighted by molar-refractivity contribution is -0.137. The van der Waals surface area contributed by atoms with E-state index in [0.29, 0.717) is 31.0 Å². The first-order valence-corrected chi connectivity index (χ1v) is 10.1. The maximum Gasteiger partial charge on any atom is 0.416 e. The Morgan fingerprint density at radius 1 is 0.933 bits per heavy atom. The van der Waals surface area contributed by atoms with Crippen LogP contribution in [-0.2, 0) is 12.7 Å². The quantitative estimate of drug-likeness (QED) is 0.576. The van der Waals surface area contributed by atoms with Gasteiger partial charge in [0.2, 0.25) is 0 Å². The van der Waals surface area contributed by atoms with Gasteiger partial charge in [0.25, 0.3) is 0 Å². The van der Waals surface area contributed by atoms with Crippen LogP contribution in [0.15, 0.2) is 53.5 Å². The first-order valence-electron chi connectivity index (χ1n) is 10.1. The van der Waals surface area contributed by atoms with Crippen molar-refractivity contribution in [2.24, 2.45) is 0 Å². The number of alkyl halides is 3. The fourth-order valence-corrected chi connectivity index (χ4v) is 3.82. The Balaban J connectivity index is 1.23. The van der Waals surface area contributed by atoms with Crippen molar-refractivity contribution in [3.05, 3.63) is 64.7 Å². The third-order valence-corrected chi connectivity index (χ3v) is 5.49. The molecule has 1 aliphatic heterocycles. The van der Waals surface area contributed by atoms with Gasteiger partial charge >= 0.3 is 11.9 Å². The molecule has 0 aliphatic carbocycles. The molecule has 2 aromatic heterocycles. The summed E-state index contributed by atoms with van der Waals surface area (Å²) in [7, 11) is 0. The van der Waals surface area contributed by atoms with E-state index in [1.807, 2.05) is 17.0 Å². The summed E-state index contributed by atoms with van der Waals surface area (Å²) in [5, 5.41) is 4.33. The summed E-state index contributed by atoms with van der Waals surface area (Å²) in [6.45, 7) is 4.50. The number of fused-ring (bicyclic) bond motifs is 1. The number of hydrogen-bond acceptors (Lipinski definition) is 4. The first kappa shape index (κ1) is 20.5. The molecule has 1 fully saturated rings. The van der Waals surface area contributed by atoms with Gasteiger partial charge in [-0.15, -0.1) is 5.10 Å². The number of benzene rings is 1. The molecule has 0 unspecified atom stereocenters. The highest BCUT2D eigenvalue weighted by Gasteiger charge is 2.31. The summed E-state index contributed by atoms with van der Waals surface area (Å²) in [5.74, 6) is 0. The molecule has 0 amide bonds. The van der Waals surface area contributed by atoms with Crippen molar-refractivity contribution in [2.75, 3.05) is 37.6 Å². The van der Waals surface area contributed by atoms with Crippen LogP contribution < -0.4 is 10.6 Å². The maximum absolute atomic E-state index is 12.9. The van der Waals surface area contributed by atoms with Crippen LogP contribution in [0.1, 0.15) is 18.4 Å². The van der Waals surface area contributed by atoms with Crippen molar-refractivity contribution in [3.8, 4) is 0 Å². The molecule has 30 heavy (non-hydrogen) atoms. The molecule has 0 radical (unpaired) electrons. The fraction of sp³-hybridized carbons (Fsp3) is 0.429. The molecule has 0 saturated carbocycles. The van der Waals surface area contributed by atoms with E-state index < -0.39 is 11.7 Å². The zero-order valence-electron chi connectivity index (χ0n) is 16.6. The molecule has 1 aromatic carbocycles. The second kappa shape index (κ2) is 8.51. The van der Waals surface area contributed by atoms with Crippen LogP contribution in [0.4, 0.5) is 18.9 Å². The van der Waals surface area contributed by atoms with E-state index in [0.717, 1.165) is 38.5 Å². The predicted molar refractivity (Wildman–Crippen MR) is 109 cm³/mol. The molecule has 0 spiro atoms. The molecule has 9 heteroatoms. The average molecular weight is 419 g/mol. The van der Waals surface area contributed by atoms with Crippen molar-refractivity contribution in [2.45, 2.75) is 25.6 Å². The summed E-state index contributed by atoms with van der Waals surface area (Å²) in [5.41, 5.74) is 0.536. The number of piperazine rings is 1. The van der Waals surface area contributed by atoms with Crippen molar-refractivity contribution >= 4 is 11.3 Å². The van der Waals surface area contributed by atoms with Gasteiger partial charge in [-0.3, -0.25) is 9.30 Å². The summed E-state index contributed by atoms with van der Waals surface area (Å²) in [6, 6.07) is 11.0. The lowest BCUT2D eigenvalue weighted by Crippen LogP contribution is -2.46. The SMILES string of the molecule is O=c1n(CCCCN2CCN(c3cccc(C(F)(F)F)c3)CC2)nc2ccccn12. The van der Waals surface area contributed by atoms with Gasteiger partial charge in [-0.2, -0.15) is 13.2 Å². The highest BCUT2D eigenvalue weighted by molar-refractivity contribution is 5.49. The monoisotopic (exact) mass is 419 g/mol. The normalized spacial score (nSPS) is 15.8. The molecule has 6 nitrogen and oxygen atoms in total. The molecule has 3 heterocycles. The molecule has 4 rings (SSSR count). The lowest BCUT2D eigenvalue weighted by atomic mass is 10.1. The molecular weight excluding hydrogens is 395 g/mol. The highest BCUT2D eigenvalue weighted by Crippen LogP contribution is 2.31. The van der Waals surface area contributed by atoms with Gasteiger partial charge in [0.05, 0.1) is 5.56 Å². The van der Waals surface area contributed by atoms with Gasteiger partial charge < -0.3 is 4.90 Å². The number of hydrogen-bond donors (Lipinski definition) is 0. The Bertz CT molecular complexity index is 1050. The summed E-state index contributed by atoms with van der Waals surface area (Å²) in [4.78, 5) is 16.6. The minimum absolute atomic E-state index is 0.125. The number of aromatic nitrogens is 3. The first-order chi connectivity index (χ1) is 14.4. The van der Waals surface area contributed by atoms with E-state index in [-0.39, 0.29) is 5.69 Å². The molecule has 0 bridgehead atoms. The zero-order chi connectivity index (χ0) is 21.1. The minimum Gasteiger partial charge on any atom is -0.369 e. The van der Waals surface area contributed by atoms with E-state index in [9.17, 15) is 18.0 Å². The van der Waals surface area contributed by atoms with Crippen LogP contribution in [0.3, 0.4) is 0 Å². The second-order valence-corrected chi connectivity index (χ2v) is 7.52. The van der Waals surface area contributed by atoms with Gasteiger partial charge in [0.1, 0.15) is 0 Å². The number of anilines is 1. The Kier molecular flexibility index (Phi) is 5.80. The fourth-order valence-electron chi connectivity index (χ4n) is 3.82. The number of rotatable bonds is 6. The van der Waals surface area contributed by atoms with Crippen LogP contribution in [0, 0.1) is 0 Å². The van der Waals surface area contributed by atoms with Gasteiger partial charge in [0, 0.05) is 44.6 Å². The predicted octanol–water partition coefficient (Wildman–Crippen LogP) is 3.12. The minimum atomic E-state index is -4.32. The highest BCUT2D eigenvalue weighted by atomic mass is 19.4. The van der Waals surface area contributed by atoms with Crippen LogP contribution in [0.2, 0.25) is 0 Å². The Morgan fingerprint density at radius 3 is 2.43 bits per heavy atom. The molecule has 160 valence electrons.